The molecule has 0 atom stereocenters. The highest BCUT2D eigenvalue weighted by molar-refractivity contribution is 7.19. The van der Waals surface area contributed by atoms with Crippen LogP contribution in [0.5, 0.6) is 5.75 Å². The van der Waals surface area contributed by atoms with Gasteiger partial charge in [-0.25, -0.2) is 4.98 Å². The van der Waals surface area contributed by atoms with Crippen molar-refractivity contribution in [2.75, 3.05) is 14.2 Å². The number of hydrogen-bond donors (Lipinski definition) is 1. The summed E-state index contributed by atoms with van der Waals surface area (Å²) < 4.78 is 5.50. The molecule has 0 aliphatic heterocycles. The van der Waals surface area contributed by atoms with Crippen LogP contribution in [0, 0.1) is 20.8 Å². The van der Waals surface area contributed by atoms with Crippen molar-refractivity contribution in [3.8, 4) is 16.9 Å². The van der Waals surface area contributed by atoms with Crippen LogP contribution in [0.1, 0.15) is 27.4 Å². The van der Waals surface area contributed by atoms with Gasteiger partial charge in [-0.2, -0.15) is 0 Å². The summed E-state index contributed by atoms with van der Waals surface area (Å²) in [6.45, 7) is 7.42. The molecule has 0 bridgehead atoms. The highest BCUT2D eigenvalue weighted by Gasteiger charge is 2.17. The van der Waals surface area contributed by atoms with E-state index in [2.05, 4.69) is 61.0 Å². The van der Waals surface area contributed by atoms with Crippen LogP contribution in [0.25, 0.3) is 21.3 Å². The third-order valence-electron chi connectivity index (χ3n) is 5.42. The quantitative estimate of drug-likeness (QED) is 0.453. The lowest BCUT2D eigenvalue weighted by molar-refractivity contribution is 0.302. The van der Waals surface area contributed by atoms with E-state index in [0.717, 1.165) is 32.1 Å². The molecule has 160 valence electrons. The predicted molar refractivity (Wildman–Crippen MR) is 128 cm³/mol. The molecule has 2 aromatic heterocycles. The van der Waals surface area contributed by atoms with Gasteiger partial charge in [-0.05, 0) is 39.4 Å². The molecule has 31 heavy (non-hydrogen) atoms. The molecule has 4 rings (SSSR count). The van der Waals surface area contributed by atoms with E-state index in [1.807, 2.05) is 19.2 Å². The zero-order valence-corrected chi connectivity index (χ0v) is 19.4. The normalized spacial score (nSPS) is 11.4. The van der Waals surface area contributed by atoms with Crippen LogP contribution >= 0.6 is 11.3 Å². The van der Waals surface area contributed by atoms with Crippen LogP contribution in [-0.4, -0.2) is 29.0 Å². The summed E-state index contributed by atoms with van der Waals surface area (Å²) in [5.74, 6) is 1.54. The number of rotatable bonds is 6. The number of thiophene rings is 1. The monoisotopic (exact) mass is 433 g/mol. The molecule has 0 fully saturated rings. The summed E-state index contributed by atoms with van der Waals surface area (Å²) in [5, 5.41) is 0.679. The molecule has 0 saturated carbocycles. The van der Waals surface area contributed by atoms with Crippen LogP contribution in [0.2, 0.25) is 0 Å². The number of aryl methyl sites for hydroxylation is 3. The number of aromatic nitrogens is 2. The van der Waals surface area contributed by atoms with Gasteiger partial charge in [0.15, 0.2) is 0 Å². The number of aromatic amines is 1. The van der Waals surface area contributed by atoms with E-state index in [4.69, 9.17) is 9.72 Å². The Labute approximate surface area is 186 Å². The van der Waals surface area contributed by atoms with Crippen molar-refractivity contribution in [1.82, 2.24) is 14.9 Å². The lowest BCUT2D eigenvalue weighted by Crippen LogP contribution is -2.22. The number of benzene rings is 2. The second-order valence-electron chi connectivity index (χ2n) is 8.08. The topological polar surface area (TPSA) is 58.2 Å². The fraction of sp³-hybridized carbons (Fsp3) is 0.280. The van der Waals surface area contributed by atoms with Gasteiger partial charge in [0.25, 0.3) is 5.56 Å². The highest BCUT2D eigenvalue weighted by Crippen LogP contribution is 2.35. The molecule has 0 aliphatic rings. The zero-order chi connectivity index (χ0) is 22.1. The Morgan fingerprint density at radius 1 is 1.03 bits per heavy atom. The van der Waals surface area contributed by atoms with Crippen molar-refractivity contribution < 1.29 is 4.74 Å². The summed E-state index contributed by atoms with van der Waals surface area (Å²) in [6.07, 6.45) is 0. The van der Waals surface area contributed by atoms with E-state index < -0.39 is 0 Å². The minimum atomic E-state index is -0.0820. The van der Waals surface area contributed by atoms with Crippen molar-refractivity contribution in [3.63, 3.8) is 0 Å². The zero-order valence-electron chi connectivity index (χ0n) is 18.6. The van der Waals surface area contributed by atoms with E-state index in [1.165, 1.54) is 11.1 Å². The fourth-order valence-corrected chi connectivity index (χ4v) is 5.00. The summed E-state index contributed by atoms with van der Waals surface area (Å²) in [5.41, 5.74) is 5.46. The number of ether oxygens (including phenoxy) is 1. The van der Waals surface area contributed by atoms with Crippen molar-refractivity contribution in [3.05, 3.63) is 80.2 Å². The fourth-order valence-electron chi connectivity index (χ4n) is 3.94. The maximum absolute atomic E-state index is 13.0. The molecule has 0 saturated heterocycles. The Hall–Kier alpha value is -2.96. The number of nitrogens with one attached hydrogen (secondary N) is 1. The number of H-pyrrole nitrogens is 1. The summed E-state index contributed by atoms with van der Waals surface area (Å²) in [7, 11) is 3.70. The van der Waals surface area contributed by atoms with Crippen molar-refractivity contribution >= 4 is 21.6 Å². The number of methoxy groups -OCH3 is 1. The minimum Gasteiger partial charge on any atom is -0.496 e. The van der Waals surface area contributed by atoms with Gasteiger partial charge >= 0.3 is 0 Å². The second-order valence-corrected chi connectivity index (χ2v) is 9.28. The van der Waals surface area contributed by atoms with E-state index in [9.17, 15) is 4.79 Å². The maximum Gasteiger partial charge on any atom is 0.260 e. The smallest absolute Gasteiger partial charge is 0.260 e. The van der Waals surface area contributed by atoms with Crippen LogP contribution in [0.4, 0.5) is 0 Å². The summed E-state index contributed by atoms with van der Waals surface area (Å²) >= 11 is 1.58. The lowest BCUT2D eigenvalue weighted by Gasteiger charge is -2.18. The molecule has 2 aromatic carbocycles. The van der Waals surface area contributed by atoms with Crippen LogP contribution in [-0.2, 0) is 13.1 Å². The SMILES string of the molecule is COc1ccc(C)cc1CN(C)Cc1nc2sc(C)c(-c3ccc(C)cc3)c2c(=O)[nH]1. The Bertz CT molecular complexity index is 1290. The average Bonchev–Trinajstić information content (AvgIpc) is 3.05. The molecule has 2 heterocycles. The van der Waals surface area contributed by atoms with E-state index in [1.54, 1.807) is 18.4 Å². The lowest BCUT2D eigenvalue weighted by atomic mass is 10.0. The molecule has 0 unspecified atom stereocenters. The van der Waals surface area contributed by atoms with Gasteiger partial charge in [0.2, 0.25) is 0 Å². The van der Waals surface area contributed by atoms with Crippen LogP contribution < -0.4 is 10.3 Å². The average molecular weight is 434 g/mol. The molecule has 6 heteroatoms. The van der Waals surface area contributed by atoms with Gasteiger partial charge in [-0.1, -0.05) is 47.5 Å². The number of fused-ring (bicyclic) bond motifs is 1. The first-order chi connectivity index (χ1) is 14.9. The predicted octanol–water partition coefficient (Wildman–Crippen LogP) is 5.22. The molecule has 0 aliphatic carbocycles. The first-order valence-corrected chi connectivity index (χ1v) is 11.1. The molecule has 0 spiro atoms. The van der Waals surface area contributed by atoms with E-state index in [-0.39, 0.29) is 5.56 Å². The largest absolute Gasteiger partial charge is 0.496 e. The van der Waals surface area contributed by atoms with Gasteiger partial charge in [-0.15, -0.1) is 11.3 Å². The minimum absolute atomic E-state index is 0.0820. The Morgan fingerprint density at radius 3 is 2.45 bits per heavy atom. The van der Waals surface area contributed by atoms with Crippen molar-refractivity contribution in [2.24, 2.45) is 0 Å². The first-order valence-electron chi connectivity index (χ1n) is 10.3. The van der Waals surface area contributed by atoms with Gasteiger partial charge in [0.05, 0.1) is 19.0 Å². The number of nitrogens with zero attached hydrogens (tertiary/aromatic N) is 2. The molecule has 4 aromatic rings. The molecule has 1 N–H and O–H groups in total. The van der Waals surface area contributed by atoms with E-state index >= 15 is 0 Å². The van der Waals surface area contributed by atoms with Crippen molar-refractivity contribution in [2.45, 2.75) is 33.9 Å². The second kappa shape index (κ2) is 8.65. The van der Waals surface area contributed by atoms with Gasteiger partial charge in [0, 0.05) is 22.5 Å². The van der Waals surface area contributed by atoms with Crippen LogP contribution in [0.15, 0.2) is 47.3 Å². The molecular formula is C25H27N3O2S. The summed E-state index contributed by atoms with van der Waals surface area (Å²) in [6, 6.07) is 14.4. The number of hydrogen-bond acceptors (Lipinski definition) is 5. The Morgan fingerprint density at radius 2 is 1.74 bits per heavy atom. The summed E-state index contributed by atoms with van der Waals surface area (Å²) in [4.78, 5) is 24.8. The molecule has 0 amide bonds. The Balaban J connectivity index is 1.63. The molecular weight excluding hydrogens is 406 g/mol. The third-order valence-corrected chi connectivity index (χ3v) is 6.42. The van der Waals surface area contributed by atoms with Gasteiger partial charge in [-0.3, -0.25) is 9.69 Å². The van der Waals surface area contributed by atoms with E-state index in [0.29, 0.717) is 24.3 Å². The standard InChI is InChI=1S/C25H27N3O2S/c1-15-6-9-18(10-7-15)22-17(3)31-25-23(22)24(29)26-21(27-25)14-28(4)13-19-12-16(2)8-11-20(19)30-5/h6-12H,13-14H2,1-5H3,(H,26,27,29). The Kier molecular flexibility index (Phi) is 5.94. The first kappa shape index (κ1) is 21.3. The molecule has 5 nitrogen and oxygen atoms in total. The van der Waals surface area contributed by atoms with Crippen LogP contribution in [0.3, 0.4) is 0 Å². The highest BCUT2D eigenvalue weighted by atomic mass is 32.1. The van der Waals surface area contributed by atoms with Gasteiger partial charge < -0.3 is 9.72 Å². The molecule has 0 radical (unpaired) electrons. The van der Waals surface area contributed by atoms with Crippen molar-refractivity contribution in [1.29, 1.82) is 0 Å². The maximum atomic E-state index is 13.0. The third kappa shape index (κ3) is 4.40. The van der Waals surface area contributed by atoms with Gasteiger partial charge in [0.1, 0.15) is 16.4 Å².